The van der Waals surface area contributed by atoms with E-state index >= 15 is 0 Å². The van der Waals surface area contributed by atoms with Crippen molar-refractivity contribution in [1.29, 1.82) is 0 Å². The lowest BCUT2D eigenvalue weighted by atomic mass is 10.1. The van der Waals surface area contributed by atoms with Crippen LogP contribution < -0.4 is 5.32 Å². The van der Waals surface area contributed by atoms with Gasteiger partial charge < -0.3 is 14.8 Å². The van der Waals surface area contributed by atoms with Crippen LogP contribution in [0.5, 0.6) is 0 Å². The van der Waals surface area contributed by atoms with E-state index in [4.69, 9.17) is 0 Å². The van der Waals surface area contributed by atoms with Gasteiger partial charge in [-0.2, -0.15) is 0 Å². The Morgan fingerprint density at radius 2 is 1.86 bits per heavy atom. The van der Waals surface area contributed by atoms with E-state index in [-0.39, 0.29) is 18.4 Å². The van der Waals surface area contributed by atoms with Gasteiger partial charge in [0.15, 0.2) is 0 Å². The lowest BCUT2D eigenvalue weighted by Gasteiger charge is -2.17. The van der Waals surface area contributed by atoms with Gasteiger partial charge in [-0.1, -0.05) is 24.8 Å². The van der Waals surface area contributed by atoms with Gasteiger partial charge in [0.1, 0.15) is 6.54 Å². The van der Waals surface area contributed by atoms with Gasteiger partial charge in [-0.25, -0.2) is 0 Å². The molecule has 2 aromatic carbocycles. The van der Waals surface area contributed by atoms with Gasteiger partial charge in [0.25, 0.3) is 5.91 Å². The largest absolute Gasteiger partial charge is 0.346 e. The number of fused-ring (bicyclic) bond motifs is 2. The van der Waals surface area contributed by atoms with E-state index in [1.54, 1.807) is 6.07 Å². The second-order valence-corrected chi connectivity index (χ2v) is 7.52. The van der Waals surface area contributed by atoms with E-state index in [2.05, 4.69) is 41.7 Å². The molecule has 1 aliphatic rings. The van der Waals surface area contributed by atoms with Crippen molar-refractivity contribution >= 4 is 34.1 Å². The summed E-state index contributed by atoms with van der Waals surface area (Å²) in [5.74, 6) is -0.437. The molecule has 0 radical (unpaired) electrons. The van der Waals surface area contributed by atoms with Gasteiger partial charge in [0.2, 0.25) is 5.91 Å². The second-order valence-electron chi connectivity index (χ2n) is 7.52. The maximum absolute atomic E-state index is 12.6. The molecule has 2 heterocycles. The normalized spacial score (nSPS) is 13.4. The molecule has 148 valence electrons. The van der Waals surface area contributed by atoms with Crippen LogP contribution in [0.1, 0.15) is 15.9 Å². The van der Waals surface area contributed by atoms with E-state index in [0.29, 0.717) is 16.9 Å². The Labute approximate surface area is 170 Å². The molecule has 0 fully saturated rings. The molecule has 6 nitrogen and oxygen atoms in total. The lowest BCUT2D eigenvalue weighted by molar-refractivity contribution is -0.116. The molecule has 3 aromatic rings. The highest BCUT2D eigenvalue weighted by Crippen LogP contribution is 2.31. The standard InChI is InChI=1S/C23H24N4O2/c1-16-19-6-4-5-7-20(19)23(29)27(16)15-22(28)24-18-8-9-21-17(14-18)10-11-26(21)13-12-25(2)3/h4-11,14H,1,12-13,15H2,2-3H3,(H,24,28). The van der Waals surface area contributed by atoms with Crippen LogP contribution in [0.4, 0.5) is 5.69 Å². The van der Waals surface area contributed by atoms with Crippen LogP contribution in [0.2, 0.25) is 0 Å². The average Bonchev–Trinajstić information content (AvgIpc) is 3.21. The van der Waals surface area contributed by atoms with Crippen LogP contribution in [-0.2, 0) is 11.3 Å². The van der Waals surface area contributed by atoms with Crippen LogP contribution in [0.3, 0.4) is 0 Å². The molecular formula is C23H24N4O2. The Morgan fingerprint density at radius 1 is 1.10 bits per heavy atom. The van der Waals surface area contributed by atoms with Gasteiger partial charge >= 0.3 is 0 Å². The molecular weight excluding hydrogens is 364 g/mol. The van der Waals surface area contributed by atoms with E-state index in [0.717, 1.165) is 29.6 Å². The van der Waals surface area contributed by atoms with Crippen LogP contribution in [0.15, 0.2) is 61.3 Å². The first-order chi connectivity index (χ1) is 13.9. The molecule has 0 spiro atoms. The number of aromatic nitrogens is 1. The minimum absolute atomic E-state index is 0.0613. The van der Waals surface area contributed by atoms with Crippen LogP contribution in [-0.4, -0.2) is 53.4 Å². The quantitative estimate of drug-likeness (QED) is 0.705. The van der Waals surface area contributed by atoms with Gasteiger partial charge in [-0.05, 0) is 44.4 Å². The van der Waals surface area contributed by atoms with Crippen LogP contribution in [0, 0.1) is 0 Å². The monoisotopic (exact) mass is 388 g/mol. The average molecular weight is 388 g/mol. The molecule has 0 saturated heterocycles. The predicted octanol–water partition coefficient (Wildman–Crippen LogP) is 3.27. The van der Waals surface area contributed by atoms with E-state index < -0.39 is 0 Å². The summed E-state index contributed by atoms with van der Waals surface area (Å²) in [7, 11) is 4.11. The molecule has 6 heteroatoms. The van der Waals surface area contributed by atoms with Gasteiger partial charge in [-0.15, -0.1) is 0 Å². The summed E-state index contributed by atoms with van der Waals surface area (Å²) in [6.45, 7) is 5.78. The molecule has 1 aliphatic heterocycles. The molecule has 29 heavy (non-hydrogen) atoms. The first-order valence-corrected chi connectivity index (χ1v) is 9.57. The lowest BCUT2D eigenvalue weighted by Crippen LogP contribution is -2.32. The Hall–Kier alpha value is -3.38. The Morgan fingerprint density at radius 3 is 2.59 bits per heavy atom. The molecule has 0 bridgehead atoms. The molecule has 1 aromatic heterocycles. The summed E-state index contributed by atoms with van der Waals surface area (Å²) >= 11 is 0. The third-order valence-corrected chi connectivity index (χ3v) is 5.18. The first kappa shape index (κ1) is 19.0. The number of benzene rings is 2. The Bertz CT molecular complexity index is 1080. The van der Waals surface area contributed by atoms with Crippen molar-refractivity contribution in [3.63, 3.8) is 0 Å². The van der Waals surface area contributed by atoms with Gasteiger partial charge in [0, 0.05) is 52.7 Å². The number of rotatable bonds is 6. The van der Waals surface area contributed by atoms with Crippen LogP contribution >= 0.6 is 0 Å². The SMILES string of the molecule is C=C1c2ccccc2C(=O)N1CC(=O)Nc1ccc2c(ccn2CCN(C)C)c1. The topological polar surface area (TPSA) is 57.6 Å². The summed E-state index contributed by atoms with van der Waals surface area (Å²) in [5.41, 5.74) is 3.77. The minimum atomic E-state index is -0.251. The number of hydrogen-bond acceptors (Lipinski definition) is 3. The number of amides is 2. The maximum atomic E-state index is 12.6. The number of nitrogens with zero attached hydrogens (tertiary/aromatic N) is 3. The summed E-state index contributed by atoms with van der Waals surface area (Å²) in [5, 5.41) is 3.96. The number of hydrogen-bond donors (Lipinski definition) is 1. The second kappa shape index (κ2) is 7.56. The number of likely N-dealkylation sites (N-methyl/N-ethyl adjacent to an activating group) is 1. The maximum Gasteiger partial charge on any atom is 0.259 e. The first-order valence-electron chi connectivity index (χ1n) is 9.57. The smallest absolute Gasteiger partial charge is 0.259 e. The molecule has 2 amide bonds. The van der Waals surface area contributed by atoms with Crippen LogP contribution in [0.25, 0.3) is 16.6 Å². The van der Waals surface area contributed by atoms with Crippen molar-refractivity contribution in [1.82, 2.24) is 14.4 Å². The summed E-state index contributed by atoms with van der Waals surface area (Å²) in [4.78, 5) is 28.7. The van der Waals surface area contributed by atoms with E-state index in [1.807, 2.05) is 42.5 Å². The van der Waals surface area contributed by atoms with Crippen molar-refractivity contribution in [3.8, 4) is 0 Å². The van der Waals surface area contributed by atoms with E-state index in [1.165, 1.54) is 4.90 Å². The third-order valence-electron chi connectivity index (χ3n) is 5.18. The number of carbonyl (C=O) groups is 2. The van der Waals surface area contributed by atoms with Crippen molar-refractivity contribution in [3.05, 3.63) is 72.4 Å². The van der Waals surface area contributed by atoms with Gasteiger partial charge in [-0.3, -0.25) is 14.5 Å². The Balaban J connectivity index is 1.44. The van der Waals surface area contributed by atoms with Crippen molar-refractivity contribution in [2.45, 2.75) is 6.54 Å². The summed E-state index contributed by atoms with van der Waals surface area (Å²) in [6.07, 6.45) is 2.06. The number of anilines is 1. The minimum Gasteiger partial charge on any atom is -0.346 e. The summed E-state index contributed by atoms with van der Waals surface area (Å²) < 4.78 is 2.20. The highest BCUT2D eigenvalue weighted by molar-refractivity contribution is 6.11. The highest BCUT2D eigenvalue weighted by atomic mass is 16.2. The zero-order chi connectivity index (χ0) is 20.5. The number of carbonyl (C=O) groups excluding carboxylic acids is 2. The fourth-order valence-corrected chi connectivity index (χ4v) is 3.63. The van der Waals surface area contributed by atoms with Crippen molar-refractivity contribution in [2.75, 3.05) is 32.5 Å². The fourth-order valence-electron chi connectivity index (χ4n) is 3.63. The Kier molecular flexibility index (Phi) is 4.94. The molecule has 0 aliphatic carbocycles. The summed E-state index contributed by atoms with van der Waals surface area (Å²) in [6, 6.07) is 15.2. The predicted molar refractivity (Wildman–Crippen MR) is 116 cm³/mol. The zero-order valence-electron chi connectivity index (χ0n) is 16.7. The number of nitrogens with one attached hydrogen (secondary N) is 1. The van der Waals surface area contributed by atoms with Crippen molar-refractivity contribution < 1.29 is 9.59 Å². The fraction of sp³-hybridized carbons (Fsp3) is 0.217. The zero-order valence-corrected chi connectivity index (χ0v) is 16.7. The van der Waals surface area contributed by atoms with Crippen molar-refractivity contribution in [2.24, 2.45) is 0 Å². The van der Waals surface area contributed by atoms with E-state index in [9.17, 15) is 9.59 Å². The highest BCUT2D eigenvalue weighted by Gasteiger charge is 2.31. The van der Waals surface area contributed by atoms with Gasteiger partial charge in [0.05, 0.1) is 0 Å². The molecule has 0 atom stereocenters. The molecule has 1 N–H and O–H groups in total. The molecule has 0 saturated carbocycles. The molecule has 4 rings (SSSR count). The molecule has 0 unspecified atom stereocenters. The third kappa shape index (κ3) is 3.67.